The largest absolute Gasteiger partial charge is 0.439 e. The van der Waals surface area contributed by atoms with Gasteiger partial charge in [-0.05, 0) is 36.6 Å². The highest BCUT2D eigenvalue weighted by molar-refractivity contribution is 5.74. The van der Waals surface area contributed by atoms with Gasteiger partial charge in [0.25, 0.3) is 0 Å². The van der Waals surface area contributed by atoms with E-state index in [1.807, 2.05) is 12.1 Å². The fraction of sp³-hybridized carbons (Fsp3) is 0.280. The van der Waals surface area contributed by atoms with Crippen LogP contribution in [0.1, 0.15) is 24.0 Å². The lowest BCUT2D eigenvalue weighted by Crippen LogP contribution is -2.47. The Bertz CT molecular complexity index is 1020. The Balaban J connectivity index is 1.23. The lowest BCUT2D eigenvalue weighted by Gasteiger charge is -2.32. The number of aromatic nitrogens is 1. The summed E-state index contributed by atoms with van der Waals surface area (Å²) in [5.41, 5.74) is 2.02. The summed E-state index contributed by atoms with van der Waals surface area (Å²) in [5, 5.41) is 5.94. The van der Waals surface area contributed by atoms with E-state index in [1.165, 1.54) is 17.7 Å². The van der Waals surface area contributed by atoms with Gasteiger partial charge >= 0.3 is 6.03 Å². The van der Waals surface area contributed by atoms with Crippen LogP contribution in [0.25, 0.3) is 0 Å². The highest BCUT2D eigenvalue weighted by atomic mass is 19.1. The van der Waals surface area contributed by atoms with Crippen molar-refractivity contribution in [2.75, 3.05) is 13.1 Å². The molecule has 2 heterocycles. The highest BCUT2D eigenvalue weighted by Gasteiger charge is 2.20. The van der Waals surface area contributed by atoms with Crippen molar-refractivity contribution in [2.45, 2.75) is 32.0 Å². The first-order valence-electron chi connectivity index (χ1n) is 10.8. The van der Waals surface area contributed by atoms with Crippen LogP contribution in [-0.2, 0) is 13.1 Å². The molecule has 4 rings (SSSR count). The second-order valence-electron chi connectivity index (χ2n) is 7.89. The minimum absolute atomic E-state index is 0.152. The fourth-order valence-corrected chi connectivity index (χ4v) is 3.78. The number of piperidine rings is 1. The molecule has 0 unspecified atom stereocenters. The van der Waals surface area contributed by atoms with Crippen LogP contribution in [0, 0.1) is 5.82 Å². The van der Waals surface area contributed by atoms with Crippen molar-refractivity contribution in [3.8, 4) is 11.6 Å². The Morgan fingerprint density at radius 1 is 1.06 bits per heavy atom. The average molecular weight is 435 g/mol. The number of ether oxygens (including phenoxy) is 1. The molecule has 1 fully saturated rings. The second-order valence-corrected chi connectivity index (χ2v) is 7.89. The van der Waals surface area contributed by atoms with Crippen LogP contribution >= 0.6 is 0 Å². The maximum absolute atomic E-state index is 13.4. The summed E-state index contributed by atoms with van der Waals surface area (Å²) in [4.78, 5) is 19.1. The molecular weight excluding hydrogens is 407 g/mol. The van der Waals surface area contributed by atoms with Gasteiger partial charge in [-0.25, -0.2) is 14.2 Å². The zero-order valence-corrected chi connectivity index (χ0v) is 17.8. The number of nitrogens with one attached hydrogen (secondary N) is 2. The molecule has 0 radical (unpaired) electrons. The fourth-order valence-electron chi connectivity index (χ4n) is 3.78. The molecule has 1 saturated heterocycles. The molecule has 0 bridgehead atoms. The molecule has 2 N–H and O–H groups in total. The summed E-state index contributed by atoms with van der Waals surface area (Å²) in [6.07, 6.45) is 3.43. The Hall–Kier alpha value is -3.45. The molecule has 32 heavy (non-hydrogen) atoms. The Morgan fingerprint density at radius 3 is 2.66 bits per heavy atom. The number of hydrogen-bond acceptors (Lipinski definition) is 4. The summed E-state index contributed by atoms with van der Waals surface area (Å²) in [6, 6.07) is 19.8. The average Bonchev–Trinajstić information content (AvgIpc) is 2.81. The van der Waals surface area contributed by atoms with Crippen LogP contribution in [0.3, 0.4) is 0 Å². The molecule has 6 nitrogen and oxygen atoms in total. The van der Waals surface area contributed by atoms with E-state index >= 15 is 0 Å². The van der Waals surface area contributed by atoms with E-state index in [1.54, 1.807) is 24.4 Å². The Kier molecular flexibility index (Phi) is 7.30. The van der Waals surface area contributed by atoms with Gasteiger partial charge in [0.15, 0.2) is 0 Å². The molecular formula is C25H27FN4O2. The third kappa shape index (κ3) is 6.28. The van der Waals surface area contributed by atoms with E-state index in [2.05, 4.69) is 44.8 Å². The summed E-state index contributed by atoms with van der Waals surface area (Å²) >= 11 is 0. The number of pyridine rings is 1. The van der Waals surface area contributed by atoms with E-state index in [9.17, 15) is 9.18 Å². The first kappa shape index (κ1) is 21.8. The standard InChI is InChI=1S/C25H27FN4O2/c26-21-9-4-10-23(16-21)32-24-20(8-5-13-27-24)17-28-25(31)29-22-11-14-30(15-12-22)18-19-6-2-1-3-7-19/h1-10,13,16,22H,11-12,14-15,17-18H2,(H2,28,29,31). The molecule has 0 spiro atoms. The molecule has 0 aliphatic carbocycles. The minimum Gasteiger partial charge on any atom is -0.439 e. The summed E-state index contributed by atoms with van der Waals surface area (Å²) in [7, 11) is 0. The number of rotatable bonds is 7. The van der Waals surface area contributed by atoms with Crippen molar-refractivity contribution in [3.63, 3.8) is 0 Å². The van der Waals surface area contributed by atoms with Crippen molar-refractivity contribution in [1.82, 2.24) is 20.5 Å². The summed E-state index contributed by atoms with van der Waals surface area (Å²) in [6.45, 7) is 3.11. The second kappa shape index (κ2) is 10.7. The van der Waals surface area contributed by atoms with Crippen molar-refractivity contribution in [3.05, 3.63) is 89.9 Å². The molecule has 7 heteroatoms. The van der Waals surface area contributed by atoms with Gasteiger partial charge in [0.1, 0.15) is 11.6 Å². The molecule has 1 aromatic heterocycles. The predicted octanol–water partition coefficient (Wildman–Crippen LogP) is 4.48. The molecule has 2 aromatic carbocycles. The van der Waals surface area contributed by atoms with Gasteiger partial charge in [-0.15, -0.1) is 0 Å². The van der Waals surface area contributed by atoms with Crippen LogP contribution < -0.4 is 15.4 Å². The van der Waals surface area contributed by atoms with E-state index in [0.717, 1.165) is 32.5 Å². The number of urea groups is 1. The third-order valence-electron chi connectivity index (χ3n) is 5.47. The van der Waals surface area contributed by atoms with Crippen LogP contribution in [0.4, 0.5) is 9.18 Å². The van der Waals surface area contributed by atoms with Crippen LogP contribution in [0.5, 0.6) is 11.6 Å². The number of halogens is 1. The Morgan fingerprint density at radius 2 is 1.88 bits per heavy atom. The molecule has 1 aliphatic heterocycles. The number of benzene rings is 2. The third-order valence-corrected chi connectivity index (χ3v) is 5.47. The van der Waals surface area contributed by atoms with Gasteiger partial charge in [-0.2, -0.15) is 0 Å². The molecule has 166 valence electrons. The monoisotopic (exact) mass is 434 g/mol. The zero-order chi connectivity index (χ0) is 22.2. The van der Waals surface area contributed by atoms with Crippen molar-refractivity contribution in [2.24, 2.45) is 0 Å². The molecule has 0 saturated carbocycles. The van der Waals surface area contributed by atoms with E-state index in [0.29, 0.717) is 17.2 Å². The first-order valence-corrected chi connectivity index (χ1v) is 10.8. The van der Waals surface area contributed by atoms with Crippen molar-refractivity contribution in [1.29, 1.82) is 0 Å². The molecule has 3 aromatic rings. The van der Waals surface area contributed by atoms with E-state index in [4.69, 9.17) is 4.74 Å². The van der Waals surface area contributed by atoms with E-state index in [-0.39, 0.29) is 24.4 Å². The quantitative estimate of drug-likeness (QED) is 0.576. The smallest absolute Gasteiger partial charge is 0.315 e. The number of carbonyl (C=O) groups excluding carboxylic acids is 1. The van der Waals surface area contributed by atoms with Crippen LogP contribution in [0.2, 0.25) is 0 Å². The lowest BCUT2D eigenvalue weighted by atomic mass is 10.0. The minimum atomic E-state index is -0.382. The van der Waals surface area contributed by atoms with Crippen molar-refractivity contribution < 1.29 is 13.9 Å². The number of hydrogen-bond donors (Lipinski definition) is 2. The molecule has 1 aliphatic rings. The molecule has 0 atom stereocenters. The Labute approximate surface area is 187 Å². The van der Waals surface area contributed by atoms with E-state index < -0.39 is 0 Å². The van der Waals surface area contributed by atoms with Gasteiger partial charge in [0.05, 0.1) is 0 Å². The van der Waals surface area contributed by atoms with Gasteiger partial charge in [-0.1, -0.05) is 42.5 Å². The number of nitrogens with zero attached hydrogens (tertiary/aromatic N) is 2. The predicted molar refractivity (Wildman–Crippen MR) is 121 cm³/mol. The number of likely N-dealkylation sites (tertiary alicyclic amines) is 1. The summed E-state index contributed by atoms with van der Waals surface area (Å²) < 4.78 is 19.1. The van der Waals surface area contributed by atoms with Crippen molar-refractivity contribution >= 4 is 6.03 Å². The maximum Gasteiger partial charge on any atom is 0.315 e. The zero-order valence-electron chi connectivity index (χ0n) is 17.8. The SMILES string of the molecule is O=C(NCc1cccnc1Oc1cccc(F)c1)NC1CCN(Cc2ccccc2)CC1. The topological polar surface area (TPSA) is 66.5 Å². The summed E-state index contributed by atoms with van der Waals surface area (Å²) in [5.74, 6) is 0.316. The maximum atomic E-state index is 13.4. The van der Waals surface area contributed by atoms with Crippen LogP contribution in [-0.4, -0.2) is 35.0 Å². The highest BCUT2D eigenvalue weighted by Crippen LogP contribution is 2.23. The van der Waals surface area contributed by atoms with Crippen LogP contribution in [0.15, 0.2) is 72.9 Å². The van der Waals surface area contributed by atoms with Gasteiger partial charge < -0.3 is 15.4 Å². The number of carbonyl (C=O) groups is 1. The number of amides is 2. The van der Waals surface area contributed by atoms with Gasteiger partial charge in [0.2, 0.25) is 5.88 Å². The van der Waals surface area contributed by atoms with Gasteiger partial charge in [0, 0.05) is 50.0 Å². The molecule has 2 amide bonds. The lowest BCUT2D eigenvalue weighted by molar-refractivity contribution is 0.186. The first-order chi connectivity index (χ1) is 15.7. The normalized spacial score (nSPS) is 14.7. The van der Waals surface area contributed by atoms with Gasteiger partial charge in [-0.3, -0.25) is 4.90 Å².